The van der Waals surface area contributed by atoms with Crippen molar-refractivity contribution in [3.05, 3.63) is 35.5 Å². The largest absolute Gasteiger partial charge is 0.497 e. The van der Waals surface area contributed by atoms with Gasteiger partial charge in [-0.05, 0) is 56.9 Å². The van der Waals surface area contributed by atoms with Gasteiger partial charge in [-0.25, -0.2) is 9.78 Å². The first kappa shape index (κ1) is 21.2. The lowest BCUT2D eigenvalue weighted by atomic mass is 10.1. The summed E-state index contributed by atoms with van der Waals surface area (Å²) in [6.07, 6.45) is 3.69. The minimum Gasteiger partial charge on any atom is -0.497 e. The zero-order chi connectivity index (χ0) is 21.8. The number of benzene rings is 1. The molecule has 2 fully saturated rings. The summed E-state index contributed by atoms with van der Waals surface area (Å²) in [6.45, 7) is 8.87. The lowest BCUT2D eigenvalue weighted by molar-refractivity contribution is 0.208. The summed E-state index contributed by atoms with van der Waals surface area (Å²) in [7, 11) is 1.64. The molecular weight excluding hydrogens is 392 g/mol. The van der Waals surface area contributed by atoms with E-state index in [4.69, 9.17) is 9.72 Å². The number of piperidine rings is 1. The number of nitrogens with one attached hydrogen (secondary N) is 1. The summed E-state index contributed by atoms with van der Waals surface area (Å²) in [5.41, 5.74) is 2.78. The van der Waals surface area contributed by atoms with Crippen LogP contribution in [-0.2, 0) is 0 Å². The van der Waals surface area contributed by atoms with E-state index in [1.54, 1.807) is 7.11 Å². The molecule has 2 saturated heterocycles. The summed E-state index contributed by atoms with van der Waals surface area (Å²) in [4.78, 5) is 28.7. The molecule has 0 unspecified atom stereocenters. The Morgan fingerprint density at radius 2 is 1.68 bits per heavy atom. The Morgan fingerprint density at radius 3 is 2.35 bits per heavy atom. The number of amides is 2. The molecule has 2 amide bonds. The van der Waals surface area contributed by atoms with Crippen molar-refractivity contribution in [3.63, 3.8) is 0 Å². The number of aryl methyl sites for hydroxylation is 2. The SMILES string of the molecule is COc1ccc(NC(=O)N2CCN(c3cc(C)nc(N4CCCCC4)n3)CC2)c(C)c1. The number of piperazine rings is 1. The highest BCUT2D eigenvalue weighted by Gasteiger charge is 2.24. The maximum Gasteiger partial charge on any atom is 0.321 e. The van der Waals surface area contributed by atoms with Crippen LogP contribution >= 0.6 is 0 Å². The molecule has 2 aliphatic rings. The van der Waals surface area contributed by atoms with Gasteiger partial charge in [0.05, 0.1) is 7.11 Å². The molecule has 2 aromatic rings. The predicted molar refractivity (Wildman–Crippen MR) is 123 cm³/mol. The number of methoxy groups -OCH3 is 1. The van der Waals surface area contributed by atoms with E-state index < -0.39 is 0 Å². The number of carbonyl (C=O) groups is 1. The standard InChI is InChI=1S/C23H32N6O2/c1-17-15-19(31-3)7-8-20(17)25-23(30)29-13-11-27(12-14-29)21-16-18(2)24-22(26-21)28-9-5-4-6-10-28/h7-8,15-16H,4-6,9-14H2,1-3H3,(H,25,30). The fraction of sp³-hybridized carbons (Fsp3) is 0.522. The topological polar surface area (TPSA) is 73.8 Å². The van der Waals surface area contributed by atoms with Crippen LogP contribution in [0.25, 0.3) is 0 Å². The molecule has 3 heterocycles. The first-order chi connectivity index (χ1) is 15.0. The Kier molecular flexibility index (Phi) is 6.44. The molecule has 0 saturated carbocycles. The van der Waals surface area contributed by atoms with Crippen molar-refractivity contribution in [1.29, 1.82) is 0 Å². The number of nitrogens with zero attached hydrogens (tertiary/aromatic N) is 5. The first-order valence-corrected chi connectivity index (χ1v) is 11.1. The number of carbonyl (C=O) groups excluding carboxylic acids is 1. The van der Waals surface area contributed by atoms with E-state index in [1.165, 1.54) is 19.3 Å². The van der Waals surface area contributed by atoms with Crippen LogP contribution in [-0.4, -0.2) is 67.3 Å². The highest BCUT2D eigenvalue weighted by molar-refractivity contribution is 5.90. The van der Waals surface area contributed by atoms with Crippen molar-refractivity contribution < 1.29 is 9.53 Å². The summed E-state index contributed by atoms with van der Waals surface area (Å²) >= 11 is 0. The number of rotatable bonds is 4. The highest BCUT2D eigenvalue weighted by Crippen LogP contribution is 2.23. The minimum atomic E-state index is -0.0687. The third kappa shape index (κ3) is 5.00. The maximum atomic E-state index is 12.8. The van der Waals surface area contributed by atoms with Crippen LogP contribution < -0.4 is 19.9 Å². The van der Waals surface area contributed by atoms with Crippen molar-refractivity contribution in [3.8, 4) is 5.75 Å². The molecular formula is C23H32N6O2. The third-order valence-electron chi connectivity index (χ3n) is 6.03. The second-order valence-corrected chi connectivity index (χ2v) is 8.30. The molecule has 31 heavy (non-hydrogen) atoms. The average molecular weight is 425 g/mol. The second kappa shape index (κ2) is 9.41. The van der Waals surface area contributed by atoms with E-state index >= 15 is 0 Å². The molecule has 8 nitrogen and oxygen atoms in total. The van der Waals surface area contributed by atoms with Crippen LogP contribution in [0.5, 0.6) is 5.75 Å². The Bertz CT molecular complexity index is 920. The van der Waals surface area contributed by atoms with Crippen molar-refractivity contribution in [2.75, 3.05) is 61.5 Å². The smallest absolute Gasteiger partial charge is 0.321 e. The van der Waals surface area contributed by atoms with Crippen molar-refractivity contribution in [2.24, 2.45) is 0 Å². The first-order valence-electron chi connectivity index (χ1n) is 11.1. The molecule has 0 radical (unpaired) electrons. The van der Waals surface area contributed by atoms with E-state index in [0.717, 1.165) is 60.6 Å². The van der Waals surface area contributed by atoms with Crippen LogP contribution in [0, 0.1) is 13.8 Å². The van der Waals surface area contributed by atoms with Gasteiger partial charge >= 0.3 is 6.03 Å². The monoisotopic (exact) mass is 424 g/mol. The van der Waals surface area contributed by atoms with Crippen molar-refractivity contribution >= 4 is 23.5 Å². The third-order valence-corrected chi connectivity index (χ3v) is 6.03. The van der Waals surface area contributed by atoms with Gasteiger partial charge in [-0.3, -0.25) is 0 Å². The lowest BCUT2D eigenvalue weighted by Gasteiger charge is -2.36. The van der Waals surface area contributed by atoms with E-state index in [9.17, 15) is 4.79 Å². The lowest BCUT2D eigenvalue weighted by Crippen LogP contribution is -2.50. The minimum absolute atomic E-state index is 0.0687. The number of hydrogen-bond donors (Lipinski definition) is 1. The number of urea groups is 1. The summed E-state index contributed by atoms with van der Waals surface area (Å²) in [5, 5.41) is 3.03. The predicted octanol–water partition coefficient (Wildman–Crippen LogP) is 3.45. The molecule has 1 aromatic heterocycles. The maximum absolute atomic E-state index is 12.8. The van der Waals surface area contributed by atoms with Gasteiger partial charge in [-0.1, -0.05) is 0 Å². The molecule has 0 bridgehead atoms. The highest BCUT2D eigenvalue weighted by atomic mass is 16.5. The van der Waals surface area contributed by atoms with Gasteiger partial charge in [-0.15, -0.1) is 0 Å². The van der Waals surface area contributed by atoms with E-state index in [1.807, 2.05) is 43.0 Å². The van der Waals surface area contributed by atoms with Gasteiger partial charge in [0.15, 0.2) is 0 Å². The molecule has 8 heteroatoms. The van der Waals surface area contributed by atoms with Crippen LogP contribution in [0.2, 0.25) is 0 Å². The Morgan fingerprint density at radius 1 is 0.935 bits per heavy atom. The quantitative estimate of drug-likeness (QED) is 0.810. The van der Waals surface area contributed by atoms with Gasteiger partial charge in [0, 0.05) is 56.7 Å². The normalized spacial score (nSPS) is 16.9. The van der Waals surface area contributed by atoms with Crippen LogP contribution in [0.4, 0.5) is 22.2 Å². The Labute approximate surface area is 184 Å². The molecule has 1 N–H and O–H groups in total. The van der Waals surface area contributed by atoms with Crippen LogP contribution in [0.15, 0.2) is 24.3 Å². The van der Waals surface area contributed by atoms with E-state index in [2.05, 4.69) is 20.1 Å². The van der Waals surface area contributed by atoms with Crippen molar-refractivity contribution in [2.45, 2.75) is 33.1 Å². The molecule has 2 aliphatic heterocycles. The number of anilines is 3. The zero-order valence-electron chi connectivity index (χ0n) is 18.7. The molecule has 166 valence electrons. The van der Waals surface area contributed by atoms with Gasteiger partial charge in [0.25, 0.3) is 0 Å². The number of ether oxygens (including phenoxy) is 1. The molecule has 1 aromatic carbocycles. The number of hydrogen-bond acceptors (Lipinski definition) is 6. The second-order valence-electron chi connectivity index (χ2n) is 8.30. The fourth-order valence-corrected chi connectivity index (χ4v) is 4.17. The van der Waals surface area contributed by atoms with Gasteiger partial charge in [-0.2, -0.15) is 4.98 Å². The van der Waals surface area contributed by atoms with Crippen molar-refractivity contribution in [1.82, 2.24) is 14.9 Å². The van der Waals surface area contributed by atoms with Crippen LogP contribution in [0.1, 0.15) is 30.5 Å². The van der Waals surface area contributed by atoms with Crippen LogP contribution in [0.3, 0.4) is 0 Å². The van der Waals surface area contributed by atoms with Gasteiger partial charge in [0.1, 0.15) is 11.6 Å². The summed E-state index contributed by atoms with van der Waals surface area (Å²) in [6, 6.07) is 7.64. The Hall–Kier alpha value is -3.03. The summed E-state index contributed by atoms with van der Waals surface area (Å²) in [5.74, 6) is 2.58. The molecule has 4 rings (SSSR count). The fourth-order valence-electron chi connectivity index (χ4n) is 4.17. The van der Waals surface area contributed by atoms with E-state index in [-0.39, 0.29) is 6.03 Å². The van der Waals surface area contributed by atoms with Gasteiger partial charge in [0.2, 0.25) is 5.95 Å². The average Bonchev–Trinajstić information content (AvgIpc) is 2.80. The van der Waals surface area contributed by atoms with Gasteiger partial charge < -0.3 is 24.8 Å². The number of aromatic nitrogens is 2. The Balaban J connectivity index is 1.37. The molecule has 0 atom stereocenters. The zero-order valence-corrected chi connectivity index (χ0v) is 18.7. The van der Waals surface area contributed by atoms with E-state index in [0.29, 0.717) is 13.1 Å². The molecule has 0 spiro atoms. The summed E-state index contributed by atoms with van der Waals surface area (Å²) < 4.78 is 5.24. The molecule has 0 aliphatic carbocycles.